The number of aliphatic hydroxyl groups is 1. The van der Waals surface area contributed by atoms with Crippen LogP contribution in [0.15, 0.2) is 47.5 Å². The van der Waals surface area contributed by atoms with Crippen LogP contribution in [0.1, 0.15) is 22.9 Å². The lowest BCUT2D eigenvalue weighted by Gasteiger charge is -2.12. The number of rotatable bonds is 5. The van der Waals surface area contributed by atoms with Crippen molar-refractivity contribution in [2.24, 2.45) is 0 Å². The van der Waals surface area contributed by atoms with Gasteiger partial charge in [0.15, 0.2) is 0 Å². The van der Waals surface area contributed by atoms with Gasteiger partial charge in [0.1, 0.15) is 11.8 Å². The van der Waals surface area contributed by atoms with Crippen LogP contribution in [0.3, 0.4) is 0 Å². The Balaban J connectivity index is 2.04. The number of hydrogen-bond acceptors (Lipinski definition) is 5. The first-order valence-electron chi connectivity index (χ1n) is 6.77. The van der Waals surface area contributed by atoms with Crippen LogP contribution < -0.4 is 0 Å². The van der Waals surface area contributed by atoms with E-state index in [2.05, 4.69) is 4.98 Å². The third kappa shape index (κ3) is 4.53. The van der Waals surface area contributed by atoms with E-state index in [0.29, 0.717) is 6.07 Å². The summed E-state index contributed by atoms with van der Waals surface area (Å²) in [4.78, 5) is 3.12. The van der Waals surface area contributed by atoms with E-state index in [1.807, 2.05) is 0 Å². The van der Waals surface area contributed by atoms with E-state index in [1.165, 1.54) is 12.1 Å². The number of aromatic nitrogens is 1. The SMILES string of the molecule is Cc1ccc(S(=O)(=O)OCC(O)c2ccc(C(F)(F)F)nc2)cc1. The van der Waals surface area contributed by atoms with Crippen molar-refractivity contribution < 1.29 is 30.9 Å². The van der Waals surface area contributed by atoms with E-state index in [9.17, 15) is 26.7 Å². The van der Waals surface area contributed by atoms with Crippen molar-refractivity contribution in [3.63, 3.8) is 0 Å². The topological polar surface area (TPSA) is 76.5 Å². The molecule has 1 N–H and O–H groups in total. The Morgan fingerprint density at radius 1 is 1.17 bits per heavy atom. The van der Waals surface area contributed by atoms with Crippen LogP contribution in [0.5, 0.6) is 0 Å². The summed E-state index contributed by atoms with van der Waals surface area (Å²) in [6.45, 7) is 1.15. The average Bonchev–Trinajstić information content (AvgIpc) is 2.52. The highest BCUT2D eigenvalue weighted by Crippen LogP contribution is 2.28. The molecule has 9 heteroatoms. The van der Waals surface area contributed by atoms with E-state index in [-0.39, 0.29) is 10.5 Å². The lowest BCUT2D eigenvalue weighted by molar-refractivity contribution is -0.141. The van der Waals surface area contributed by atoms with E-state index in [4.69, 9.17) is 4.18 Å². The molecule has 0 aliphatic heterocycles. The number of pyridine rings is 1. The van der Waals surface area contributed by atoms with Crippen LogP contribution in [0.2, 0.25) is 0 Å². The van der Waals surface area contributed by atoms with Gasteiger partial charge in [0.05, 0.1) is 11.5 Å². The molecule has 5 nitrogen and oxygen atoms in total. The Morgan fingerprint density at radius 2 is 1.79 bits per heavy atom. The monoisotopic (exact) mass is 361 g/mol. The fourth-order valence-corrected chi connectivity index (χ4v) is 2.71. The molecular formula is C15H14F3NO4S. The van der Waals surface area contributed by atoms with Crippen molar-refractivity contribution >= 4 is 10.1 Å². The first-order valence-corrected chi connectivity index (χ1v) is 8.18. The van der Waals surface area contributed by atoms with Gasteiger partial charge in [-0.05, 0) is 25.1 Å². The first-order chi connectivity index (χ1) is 11.1. The molecule has 0 radical (unpaired) electrons. The zero-order chi connectivity index (χ0) is 18.0. The highest BCUT2D eigenvalue weighted by Gasteiger charge is 2.32. The van der Waals surface area contributed by atoms with Crippen molar-refractivity contribution in [2.45, 2.75) is 24.1 Å². The summed E-state index contributed by atoms with van der Waals surface area (Å²) < 4.78 is 65.9. The number of aliphatic hydroxyl groups excluding tert-OH is 1. The number of hydrogen-bond donors (Lipinski definition) is 1. The number of halogens is 3. The molecule has 0 saturated heterocycles. The molecule has 0 aliphatic carbocycles. The largest absolute Gasteiger partial charge is 0.433 e. The van der Waals surface area contributed by atoms with Gasteiger partial charge in [-0.2, -0.15) is 21.6 Å². The van der Waals surface area contributed by atoms with E-state index < -0.39 is 34.7 Å². The second kappa shape index (κ2) is 6.88. The zero-order valence-electron chi connectivity index (χ0n) is 12.5. The maximum Gasteiger partial charge on any atom is 0.433 e. The average molecular weight is 361 g/mol. The van der Waals surface area contributed by atoms with Crippen LogP contribution in [0, 0.1) is 6.92 Å². The standard InChI is InChI=1S/C15H14F3NO4S/c1-10-2-5-12(6-3-10)24(21,22)23-9-13(20)11-4-7-14(19-8-11)15(16,17)18/h2-8,13,20H,9H2,1H3. The third-order valence-electron chi connectivity index (χ3n) is 3.15. The normalized spacial score (nSPS) is 13.7. The molecule has 0 fully saturated rings. The molecule has 1 unspecified atom stereocenters. The Bertz CT molecular complexity index is 787. The smallest absolute Gasteiger partial charge is 0.386 e. The van der Waals surface area contributed by atoms with Gasteiger partial charge in [0, 0.05) is 11.8 Å². The quantitative estimate of drug-likeness (QED) is 0.829. The number of aryl methyl sites for hydroxylation is 1. The second-order valence-corrected chi connectivity index (χ2v) is 6.66. The Labute approximate surface area is 136 Å². The van der Waals surface area contributed by atoms with Crippen LogP contribution in [0.4, 0.5) is 13.2 Å². The van der Waals surface area contributed by atoms with Gasteiger partial charge in [0.2, 0.25) is 0 Å². The Hall–Kier alpha value is -1.97. The highest BCUT2D eigenvalue weighted by molar-refractivity contribution is 7.86. The molecule has 1 aromatic heterocycles. The van der Waals surface area contributed by atoms with Crippen LogP contribution in [0.25, 0.3) is 0 Å². The lowest BCUT2D eigenvalue weighted by Crippen LogP contribution is -2.14. The van der Waals surface area contributed by atoms with Gasteiger partial charge >= 0.3 is 6.18 Å². The number of alkyl halides is 3. The van der Waals surface area contributed by atoms with E-state index >= 15 is 0 Å². The van der Waals surface area contributed by atoms with E-state index in [1.54, 1.807) is 19.1 Å². The lowest BCUT2D eigenvalue weighted by atomic mass is 10.1. The maximum atomic E-state index is 12.4. The molecule has 0 spiro atoms. The Kier molecular flexibility index (Phi) is 5.26. The maximum absolute atomic E-state index is 12.4. The van der Waals surface area contributed by atoms with Crippen LogP contribution in [-0.2, 0) is 20.5 Å². The Morgan fingerprint density at radius 3 is 2.29 bits per heavy atom. The van der Waals surface area contributed by atoms with Gasteiger partial charge in [-0.15, -0.1) is 0 Å². The summed E-state index contributed by atoms with van der Waals surface area (Å²) in [6, 6.07) is 7.61. The van der Waals surface area contributed by atoms with Gasteiger partial charge in [-0.1, -0.05) is 23.8 Å². The molecule has 24 heavy (non-hydrogen) atoms. The molecule has 0 aliphatic rings. The molecule has 1 heterocycles. The van der Waals surface area contributed by atoms with Crippen LogP contribution in [-0.4, -0.2) is 25.1 Å². The summed E-state index contributed by atoms with van der Waals surface area (Å²) in [5.74, 6) is 0. The predicted octanol–water partition coefficient (Wildman–Crippen LogP) is 2.85. The van der Waals surface area contributed by atoms with Gasteiger partial charge in [-0.3, -0.25) is 9.17 Å². The fourth-order valence-electron chi connectivity index (χ4n) is 1.79. The van der Waals surface area contributed by atoms with Gasteiger partial charge in [0.25, 0.3) is 10.1 Å². The minimum Gasteiger partial charge on any atom is -0.386 e. The molecule has 1 aromatic carbocycles. The van der Waals surface area contributed by atoms with Crippen molar-refractivity contribution in [1.29, 1.82) is 0 Å². The van der Waals surface area contributed by atoms with Crippen molar-refractivity contribution in [3.8, 4) is 0 Å². The first kappa shape index (κ1) is 18.4. The molecule has 0 bridgehead atoms. The summed E-state index contributed by atoms with van der Waals surface area (Å²) in [7, 11) is -4.07. The van der Waals surface area contributed by atoms with Crippen molar-refractivity contribution in [2.75, 3.05) is 6.61 Å². The molecule has 0 saturated carbocycles. The summed E-state index contributed by atoms with van der Waals surface area (Å²) in [6.07, 6.45) is -5.19. The fraction of sp³-hybridized carbons (Fsp3) is 0.267. The number of nitrogens with zero attached hydrogens (tertiary/aromatic N) is 1. The highest BCUT2D eigenvalue weighted by atomic mass is 32.2. The summed E-state index contributed by atoms with van der Waals surface area (Å²) >= 11 is 0. The third-order valence-corrected chi connectivity index (χ3v) is 4.45. The molecule has 130 valence electrons. The van der Waals surface area contributed by atoms with Gasteiger partial charge in [-0.25, -0.2) is 0 Å². The summed E-state index contributed by atoms with van der Waals surface area (Å²) in [5, 5.41) is 9.86. The molecular weight excluding hydrogens is 347 g/mol. The molecule has 2 aromatic rings. The van der Waals surface area contributed by atoms with Crippen molar-refractivity contribution in [1.82, 2.24) is 4.98 Å². The second-order valence-electron chi connectivity index (χ2n) is 5.04. The van der Waals surface area contributed by atoms with Crippen molar-refractivity contribution in [3.05, 3.63) is 59.4 Å². The zero-order valence-corrected chi connectivity index (χ0v) is 13.3. The number of benzene rings is 1. The molecule has 2 rings (SSSR count). The molecule has 1 atom stereocenters. The molecule has 0 amide bonds. The predicted molar refractivity (Wildman–Crippen MR) is 78.5 cm³/mol. The minimum atomic E-state index is -4.59. The van der Waals surface area contributed by atoms with E-state index in [0.717, 1.165) is 17.8 Å². The minimum absolute atomic E-state index is 0.0158. The van der Waals surface area contributed by atoms with Crippen LogP contribution >= 0.6 is 0 Å². The van der Waals surface area contributed by atoms with Gasteiger partial charge < -0.3 is 5.11 Å². The summed E-state index contributed by atoms with van der Waals surface area (Å²) in [5.41, 5.74) is -0.224.